The first-order valence-electron chi connectivity index (χ1n) is 31.2. The third kappa shape index (κ3) is 11.6. The molecule has 96 heavy (non-hydrogen) atoms. The number of rotatable bonds is 11. The minimum atomic E-state index is -0.405. The van der Waals surface area contributed by atoms with Crippen molar-refractivity contribution in [1.82, 2.24) is 39.9 Å². The van der Waals surface area contributed by atoms with Gasteiger partial charge < -0.3 is 29.4 Å². The van der Waals surface area contributed by atoms with Gasteiger partial charge in [0.2, 0.25) is 0 Å². The van der Waals surface area contributed by atoms with Crippen molar-refractivity contribution in [1.29, 1.82) is 0 Å². The fraction of sp³-hybridized carbons (Fsp3) is 0.0488. The molecule has 0 N–H and O–H groups in total. The van der Waals surface area contributed by atoms with E-state index in [0.29, 0.717) is 67.2 Å². The Morgan fingerprint density at radius 2 is 0.583 bits per heavy atom. The van der Waals surface area contributed by atoms with Crippen LogP contribution in [-0.2, 0) is 43.6 Å². The summed E-state index contributed by atoms with van der Waals surface area (Å²) in [5.41, 5.74) is 23.9. The molecule has 0 saturated carbocycles. The van der Waals surface area contributed by atoms with Crippen LogP contribution >= 0.6 is 0 Å². The van der Waals surface area contributed by atoms with Crippen LogP contribution < -0.4 is 19.9 Å². The number of ether oxygens (including phenoxy) is 2. The van der Waals surface area contributed by atoms with Crippen molar-refractivity contribution in [2.45, 2.75) is 13.8 Å². The molecular formula is C82H54Cu2N8O4. The standard InChI is InChI=1S/C82H56N8O4.2Cu/c1-3-93-81(91)54-28-24-52(25-29-54)77-60-34-32-56(83-60)48-57-33-35-61(84-57)78(53-26-30-55(31-27-53)82(92)94-4-2)69-43-47-73(90-69)80(72-46-42-68(77)89-72)59-23-15-14-22-58(59)79-70-44-40-66(87-70)75(50-18-10-6-11-19-50)64-38-36-62(85-64)74(49-16-8-5-9-17-49)63-37-39-65(86-63)76(51-20-12-7-13-21-51)67-41-45-71(79)88-67;;/h5-48H,3-4H2,1-2H3,(H2-2,83,84,85,86,87,88,89,90,91,92);;/q-2;2*+2/p-2. The van der Waals surface area contributed by atoms with Crippen LogP contribution in [0.15, 0.2) is 218 Å². The molecule has 16 rings (SSSR count). The average molecular weight is 1340 g/mol. The molecule has 0 amide bonds. The first kappa shape index (κ1) is 62.0. The molecule has 0 fully saturated rings. The predicted octanol–water partition coefficient (Wildman–Crippen LogP) is 18.2. The van der Waals surface area contributed by atoms with Gasteiger partial charge in [0, 0.05) is 0 Å². The van der Waals surface area contributed by atoms with Crippen LogP contribution in [0.1, 0.15) is 80.1 Å². The van der Waals surface area contributed by atoms with Crippen LogP contribution in [0.2, 0.25) is 0 Å². The van der Waals surface area contributed by atoms with E-state index in [-0.39, 0.29) is 47.4 Å². The summed E-state index contributed by atoms with van der Waals surface area (Å²) in [4.78, 5) is 70.1. The van der Waals surface area contributed by atoms with Crippen LogP contribution in [0.25, 0.3) is 171 Å². The number of carbonyl (C=O) groups is 2. The molecule has 2 radical (unpaired) electrons. The molecule has 4 aliphatic rings. The summed E-state index contributed by atoms with van der Waals surface area (Å²) >= 11 is 0. The van der Waals surface area contributed by atoms with E-state index in [1.807, 2.05) is 146 Å². The van der Waals surface area contributed by atoms with Gasteiger partial charge in [-0.25, -0.2) is 29.5 Å². The first-order chi connectivity index (χ1) is 46.3. The summed E-state index contributed by atoms with van der Waals surface area (Å²) < 4.78 is 10.8. The molecule has 6 aromatic heterocycles. The molecule has 16 bridgehead atoms. The van der Waals surface area contributed by atoms with Crippen LogP contribution in [0.4, 0.5) is 0 Å². The number of carbonyl (C=O) groups excluding carboxylic acids is 2. The zero-order valence-electron chi connectivity index (χ0n) is 51.6. The van der Waals surface area contributed by atoms with Gasteiger partial charge in [-0.2, -0.15) is 0 Å². The van der Waals surface area contributed by atoms with Gasteiger partial charge in [-0.05, 0) is 165 Å². The molecule has 0 atom stereocenters. The number of fused-ring (bicyclic) bond motifs is 16. The Hall–Kier alpha value is -11.5. The predicted molar refractivity (Wildman–Crippen MR) is 377 cm³/mol. The Morgan fingerprint density at radius 3 is 0.938 bits per heavy atom. The second-order valence-corrected chi connectivity index (χ2v) is 22.8. The maximum absolute atomic E-state index is 13.0. The van der Waals surface area contributed by atoms with E-state index in [4.69, 9.17) is 49.3 Å². The fourth-order valence-corrected chi connectivity index (χ4v) is 12.8. The molecule has 0 saturated heterocycles. The third-order valence-electron chi connectivity index (χ3n) is 17.1. The van der Waals surface area contributed by atoms with E-state index in [2.05, 4.69) is 97.1 Å². The smallest absolute Gasteiger partial charge is 0.657 e. The average Bonchev–Trinajstić information content (AvgIpc) is 1.58. The van der Waals surface area contributed by atoms with Crippen LogP contribution in [0, 0.1) is 0 Å². The van der Waals surface area contributed by atoms with Crippen LogP contribution in [0.3, 0.4) is 0 Å². The van der Waals surface area contributed by atoms with Crippen molar-refractivity contribution in [2.24, 2.45) is 0 Å². The van der Waals surface area contributed by atoms with E-state index in [1.165, 1.54) is 0 Å². The van der Waals surface area contributed by atoms with Crippen LogP contribution in [0.5, 0.6) is 0 Å². The summed E-state index contributed by atoms with van der Waals surface area (Å²) in [6, 6.07) is 72.3. The number of benzene rings is 6. The Balaban J connectivity index is 0.00000396. The van der Waals surface area contributed by atoms with Crippen LogP contribution in [-0.4, -0.2) is 45.1 Å². The third-order valence-corrected chi connectivity index (χ3v) is 17.1. The molecule has 468 valence electrons. The molecule has 0 aliphatic carbocycles. The van der Waals surface area contributed by atoms with Gasteiger partial charge in [0.1, 0.15) is 0 Å². The topological polar surface area (TPSA) is 161 Å². The summed E-state index contributed by atoms with van der Waals surface area (Å²) in [7, 11) is 0. The van der Waals surface area contributed by atoms with Crippen molar-refractivity contribution in [3.8, 4) is 77.9 Å². The Morgan fingerprint density at radius 1 is 0.302 bits per heavy atom. The number of hydrogen-bond donors (Lipinski definition) is 0. The van der Waals surface area contributed by atoms with Gasteiger partial charge in [-0.3, -0.25) is 0 Å². The number of esters is 2. The number of aromatic nitrogens is 8. The van der Waals surface area contributed by atoms with Crippen molar-refractivity contribution < 1.29 is 53.2 Å². The van der Waals surface area contributed by atoms with Gasteiger partial charge in [0.05, 0.1) is 69.9 Å². The quantitative estimate of drug-likeness (QED) is 0.0892. The number of nitrogens with zero attached hydrogens (tertiary/aromatic N) is 8. The summed E-state index contributed by atoms with van der Waals surface area (Å²) in [6.07, 6.45) is 16.3. The minimum absolute atomic E-state index is 0. The van der Waals surface area contributed by atoms with Gasteiger partial charge in [0.15, 0.2) is 0 Å². The molecule has 0 spiro atoms. The monoisotopic (exact) mass is 1340 g/mol. The van der Waals surface area contributed by atoms with Gasteiger partial charge >= 0.3 is 46.1 Å². The molecule has 6 aromatic carbocycles. The van der Waals surface area contributed by atoms with Gasteiger partial charge in [-0.15, -0.1) is 44.1 Å². The fourth-order valence-electron chi connectivity index (χ4n) is 12.8. The minimum Gasteiger partial charge on any atom is -0.657 e. The van der Waals surface area contributed by atoms with Crippen molar-refractivity contribution in [3.05, 3.63) is 275 Å². The van der Waals surface area contributed by atoms with Gasteiger partial charge in [-0.1, -0.05) is 194 Å². The summed E-state index contributed by atoms with van der Waals surface area (Å²) in [6.45, 7) is 4.10. The van der Waals surface area contributed by atoms with E-state index < -0.39 is 11.9 Å². The maximum atomic E-state index is 13.0. The molecule has 14 heteroatoms. The normalized spacial score (nSPS) is 11.9. The summed E-state index contributed by atoms with van der Waals surface area (Å²) in [5.74, 6) is -0.809. The van der Waals surface area contributed by atoms with E-state index in [1.54, 1.807) is 38.1 Å². The second-order valence-electron chi connectivity index (χ2n) is 22.8. The zero-order valence-corrected chi connectivity index (χ0v) is 53.5. The van der Waals surface area contributed by atoms with Crippen molar-refractivity contribution in [3.63, 3.8) is 0 Å². The Kier molecular flexibility index (Phi) is 17.1. The number of hydrogen-bond acceptors (Lipinski definition) is 8. The van der Waals surface area contributed by atoms with E-state index in [9.17, 15) is 9.59 Å². The molecule has 4 aliphatic heterocycles. The molecule has 0 unspecified atom stereocenters. The van der Waals surface area contributed by atoms with Crippen molar-refractivity contribution >= 4 is 105 Å². The largest absolute Gasteiger partial charge is 2.00 e. The molecule has 10 heterocycles. The van der Waals surface area contributed by atoms with Gasteiger partial charge in [0.25, 0.3) is 0 Å². The van der Waals surface area contributed by atoms with E-state index in [0.717, 1.165) is 112 Å². The second kappa shape index (κ2) is 26.5. The Labute approximate surface area is 574 Å². The molecular weight excluding hydrogens is 1290 g/mol. The summed E-state index contributed by atoms with van der Waals surface area (Å²) in [5, 5.41) is 0. The SMILES string of the molecule is CCOC(=O)c1ccc(-c2c3nc(c(-c4ccccc4-c4c5nc(c(-c6ccccc6)c6ccc([n-]6)c(-c6ccccc6)c6nc(c(-c7ccccc7)c7ccc4[n-]7)C=C6)C=C5)c4ccc([n-]4)c(-c4ccc(C(=O)OCC)cc4)c4nc(cc5ccc2[n-]5)C=C4)C=C3)cc1.[Cu+2].[Cu+2]. The molecule has 12 nitrogen and oxygen atoms in total. The Bertz CT molecular complexity index is 5450. The van der Waals surface area contributed by atoms with Crippen molar-refractivity contribution in [2.75, 3.05) is 13.2 Å². The maximum Gasteiger partial charge on any atom is 2.00 e. The van der Waals surface area contributed by atoms with E-state index >= 15 is 0 Å². The molecule has 12 aromatic rings. The zero-order chi connectivity index (χ0) is 63.2. The first-order valence-corrected chi connectivity index (χ1v) is 31.2.